The molecule has 0 saturated carbocycles. The van der Waals surface area contributed by atoms with Gasteiger partial charge in [-0.2, -0.15) is 18.3 Å². The van der Waals surface area contributed by atoms with E-state index in [-0.39, 0.29) is 11.7 Å². The first-order valence-electron chi connectivity index (χ1n) is 12.2. The SMILES string of the molecule is N=C(N)c1ccc2c(c1)N(Cc1ccc(C(N)=O)cc1)C(C(=O)Nc1cccc(-n3cc(C(F)(F)F)cn3)c1)C2. The highest BCUT2D eigenvalue weighted by Gasteiger charge is 2.35. The number of carbonyl (C=O) groups excluding carboxylic acids is 2. The summed E-state index contributed by atoms with van der Waals surface area (Å²) in [4.78, 5) is 26.9. The summed E-state index contributed by atoms with van der Waals surface area (Å²) in [5.41, 5.74) is 14.2. The van der Waals surface area contributed by atoms with Crippen LogP contribution in [0.25, 0.3) is 5.69 Å². The Labute approximate surface area is 226 Å². The Morgan fingerprint density at radius 1 is 1.02 bits per heavy atom. The number of nitrogens with zero attached hydrogens (tertiary/aromatic N) is 3. The number of fused-ring (bicyclic) bond motifs is 1. The van der Waals surface area contributed by atoms with E-state index in [2.05, 4.69) is 10.4 Å². The standard InChI is InChI=1S/C28H24F3N7O2/c29-28(30,31)20-13-35-38(15-20)22-3-1-2-21(12-22)36-27(40)24-10-18-8-9-19(25(32)33)11-23(18)37(24)14-16-4-6-17(7-5-16)26(34)39/h1-9,11-13,15,24H,10,14H2,(H3,32,33)(H2,34,39)(H,36,40). The molecule has 1 aromatic heterocycles. The minimum Gasteiger partial charge on any atom is -0.384 e. The topological polar surface area (TPSA) is 143 Å². The second-order valence-corrected chi connectivity index (χ2v) is 9.38. The first-order chi connectivity index (χ1) is 19.0. The Bertz CT molecular complexity index is 1610. The normalized spacial score (nSPS) is 14.6. The molecule has 0 saturated heterocycles. The Morgan fingerprint density at radius 2 is 1.75 bits per heavy atom. The van der Waals surface area contributed by atoms with Gasteiger partial charge in [0.2, 0.25) is 11.8 Å². The van der Waals surface area contributed by atoms with Gasteiger partial charge in [0.05, 0.1) is 17.4 Å². The number of alkyl halides is 3. The molecule has 40 heavy (non-hydrogen) atoms. The van der Waals surface area contributed by atoms with Crippen molar-refractivity contribution in [2.75, 3.05) is 10.2 Å². The Kier molecular flexibility index (Phi) is 6.76. The number of nitrogens with one attached hydrogen (secondary N) is 2. The first kappa shape index (κ1) is 26.5. The molecule has 1 atom stereocenters. The van der Waals surface area contributed by atoms with Crippen LogP contribution in [-0.2, 0) is 23.9 Å². The van der Waals surface area contributed by atoms with E-state index < -0.39 is 23.7 Å². The molecule has 2 heterocycles. The van der Waals surface area contributed by atoms with Crippen LogP contribution in [0, 0.1) is 5.41 Å². The van der Waals surface area contributed by atoms with Gasteiger partial charge in [0.25, 0.3) is 0 Å². The molecule has 204 valence electrons. The maximum absolute atomic E-state index is 13.6. The number of benzene rings is 3. The average Bonchev–Trinajstić information content (AvgIpc) is 3.55. The molecule has 3 aromatic carbocycles. The molecule has 1 aliphatic heterocycles. The van der Waals surface area contributed by atoms with E-state index in [0.29, 0.717) is 35.5 Å². The van der Waals surface area contributed by atoms with E-state index >= 15 is 0 Å². The molecule has 0 fully saturated rings. The maximum atomic E-state index is 13.6. The number of carbonyl (C=O) groups is 2. The van der Waals surface area contributed by atoms with Gasteiger partial charge in [-0.1, -0.05) is 30.3 Å². The van der Waals surface area contributed by atoms with E-state index in [1.54, 1.807) is 54.6 Å². The molecule has 2 amide bonds. The lowest BCUT2D eigenvalue weighted by Gasteiger charge is -2.27. The Morgan fingerprint density at radius 3 is 2.40 bits per heavy atom. The van der Waals surface area contributed by atoms with Crippen molar-refractivity contribution < 1.29 is 22.8 Å². The van der Waals surface area contributed by atoms with Gasteiger partial charge in [-0.05, 0) is 47.5 Å². The van der Waals surface area contributed by atoms with Crippen molar-refractivity contribution in [2.24, 2.45) is 11.5 Å². The third-order valence-corrected chi connectivity index (χ3v) is 6.68. The van der Waals surface area contributed by atoms with Crippen LogP contribution in [0.3, 0.4) is 0 Å². The Balaban J connectivity index is 1.41. The van der Waals surface area contributed by atoms with E-state index in [1.165, 1.54) is 6.07 Å². The van der Waals surface area contributed by atoms with Gasteiger partial charge in [-0.25, -0.2) is 4.68 Å². The molecule has 0 radical (unpaired) electrons. The van der Waals surface area contributed by atoms with Crippen LogP contribution in [0.2, 0.25) is 0 Å². The van der Waals surface area contributed by atoms with Crippen LogP contribution in [0.5, 0.6) is 0 Å². The molecule has 0 spiro atoms. The summed E-state index contributed by atoms with van der Waals surface area (Å²) in [6.45, 7) is 0.318. The van der Waals surface area contributed by atoms with E-state index in [0.717, 1.165) is 33.9 Å². The summed E-state index contributed by atoms with van der Waals surface area (Å²) in [6.07, 6.45) is -2.52. The van der Waals surface area contributed by atoms with E-state index in [9.17, 15) is 22.8 Å². The monoisotopic (exact) mass is 547 g/mol. The molecule has 1 aliphatic rings. The second kappa shape index (κ2) is 10.2. The second-order valence-electron chi connectivity index (χ2n) is 9.38. The largest absolute Gasteiger partial charge is 0.419 e. The highest BCUT2D eigenvalue weighted by Crippen LogP contribution is 2.35. The number of rotatable bonds is 7. The third-order valence-electron chi connectivity index (χ3n) is 6.68. The lowest BCUT2D eigenvalue weighted by atomic mass is 10.1. The number of nitrogens with two attached hydrogens (primary N) is 2. The number of amides is 2. The number of primary amides is 1. The third kappa shape index (κ3) is 5.37. The fraction of sp³-hybridized carbons (Fsp3) is 0.143. The van der Waals surface area contributed by atoms with Crippen LogP contribution in [-0.4, -0.2) is 33.5 Å². The predicted molar refractivity (Wildman–Crippen MR) is 143 cm³/mol. The minimum absolute atomic E-state index is 0.106. The number of anilines is 2. The van der Waals surface area contributed by atoms with Crippen molar-refractivity contribution in [3.05, 3.63) is 107 Å². The molecule has 6 N–H and O–H groups in total. The first-order valence-corrected chi connectivity index (χ1v) is 12.2. The van der Waals surface area contributed by atoms with Gasteiger partial charge in [0.1, 0.15) is 11.9 Å². The fourth-order valence-electron chi connectivity index (χ4n) is 4.62. The van der Waals surface area contributed by atoms with Crippen molar-refractivity contribution in [1.82, 2.24) is 9.78 Å². The summed E-state index contributed by atoms with van der Waals surface area (Å²) in [5.74, 6) is -0.984. The van der Waals surface area contributed by atoms with E-state index in [4.69, 9.17) is 16.9 Å². The van der Waals surface area contributed by atoms with Crippen molar-refractivity contribution in [3.8, 4) is 5.69 Å². The Hall–Kier alpha value is -5.13. The predicted octanol–water partition coefficient (Wildman–Crippen LogP) is 3.84. The number of hydrogen-bond acceptors (Lipinski definition) is 5. The molecule has 1 unspecified atom stereocenters. The van der Waals surface area contributed by atoms with Crippen LogP contribution in [0.1, 0.15) is 32.6 Å². The van der Waals surface area contributed by atoms with Gasteiger partial charge < -0.3 is 21.7 Å². The molecule has 0 bridgehead atoms. The molecular weight excluding hydrogens is 523 g/mol. The summed E-state index contributed by atoms with van der Waals surface area (Å²) in [7, 11) is 0. The number of hydrogen-bond donors (Lipinski definition) is 4. The molecule has 12 heteroatoms. The number of halogens is 3. The molecule has 4 aromatic rings. The highest BCUT2D eigenvalue weighted by molar-refractivity contribution is 6.00. The van der Waals surface area contributed by atoms with Crippen LogP contribution in [0.15, 0.2) is 79.1 Å². The number of aromatic nitrogens is 2. The van der Waals surface area contributed by atoms with Crippen LogP contribution in [0.4, 0.5) is 24.5 Å². The quantitative estimate of drug-likeness (QED) is 0.205. The molecule has 9 nitrogen and oxygen atoms in total. The van der Waals surface area contributed by atoms with E-state index in [1.807, 2.05) is 11.0 Å². The van der Waals surface area contributed by atoms with Crippen LogP contribution < -0.4 is 21.7 Å². The van der Waals surface area contributed by atoms with Gasteiger partial charge in [0, 0.05) is 41.7 Å². The summed E-state index contributed by atoms with van der Waals surface area (Å²) in [5, 5.41) is 14.5. The highest BCUT2D eigenvalue weighted by atomic mass is 19.4. The smallest absolute Gasteiger partial charge is 0.384 e. The maximum Gasteiger partial charge on any atom is 0.419 e. The minimum atomic E-state index is -4.52. The van der Waals surface area contributed by atoms with Gasteiger partial charge in [-0.15, -0.1) is 0 Å². The number of amidine groups is 1. The van der Waals surface area contributed by atoms with Crippen molar-refractivity contribution in [3.63, 3.8) is 0 Å². The average molecular weight is 548 g/mol. The van der Waals surface area contributed by atoms with Crippen molar-refractivity contribution in [1.29, 1.82) is 5.41 Å². The molecule has 5 rings (SSSR count). The summed E-state index contributed by atoms with van der Waals surface area (Å²) in [6, 6.07) is 17.8. The zero-order chi connectivity index (χ0) is 28.6. The van der Waals surface area contributed by atoms with Crippen molar-refractivity contribution in [2.45, 2.75) is 25.2 Å². The number of nitrogen functional groups attached to an aromatic ring is 1. The van der Waals surface area contributed by atoms with Gasteiger partial charge in [0.15, 0.2) is 0 Å². The lowest BCUT2D eigenvalue weighted by Crippen LogP contribution is -2.41. The molecular formula is C28H24F3N7O2. The van der Waals surface area contributed by atoms with Gasteiger partial charge in [-0.3, -0.25) is 15.0 Å². The van der Waals surface area contributed by atoms with Crippen LogP contribution >= 0.6 is 0 Å². The van der Waals surface area contributed by atoms with Gasteiger partial charge >= 0.3 is 6.18 Å². The van der Waals surface area contributed by atoms with Crippen molar-refractivity contribution >= 4 is 29.0 Å². The fourth-order valence-corrected chi connectivity index (χ4v) is 4.62. The zero-order valence-electron chi connectivity index (χ0n) is 20.9. The zero-order valence-corrected chi connectivity index (χ0v) is 20.9. The summed E-state index contributed by atoms with van der Waals surface area (Å²) >= 11 is 0. The summed E-state index contributed by atoms with van der Waals surface area (Å²) < 4.78 is 40.1. The molecule has 0 aliphatic carbocycles. The lowest BCUT2D eigenvalue weighted by molar-refractivity contribution is -0.137.